The van der Waals surface area contributed by atoms with Gasteiger partial charge in [-0.3, -0.25) is 4.79 Å². The molecule has 0 radical (unpaired) electrons. The van der Waals surface area contributed by atoms with E-state index in [1.165, 1.54) is 36.4 Å². The van der Waals surface area contributed by atoms with Crippen LogP contribution >= 0.6 is 0 Å². The van der Waals surface area contributed by atoms with E-state index in [0.717, 1.165) is 24.2 Å². The minimum atomic E-state index is -2.89. The Balaban J connectivity index is 1.49. The van der Waals surface area contributed by atoms with E-state index in [9.17, 15) is 18.4 Å². The first-order valence-electron chi connectivity index (χ1n) is 9.76. The van der Waals surface area contributed by atoms with Crippen molar-refractivity contribution in [2.75, 3.05) is 13.7 Å². The number of hydrogen-bond acceptors (Lipinski definition) is 5. The highest BCUT2D eigenvalue weighted by Gasteiger charge is 2.32. The fraction of sp³-hybridized carbons (Fsp3) is 0.304. The van der Waals surface area contributed by atoms with Crippen molar-refractivity contribution in [1.82, 2.24) is 4.90 Å². The molecule has 2 aromatic carbocycles. The third-order valence-corrected chi connectivity index (χ3v) is 4.68. The Labute approximate surface area is 179 Å². The van der Waals surface area contributed by atoms with Crippen molar-refractivity contribution >= 4 is 18.0 Å². The second-order valence-electron chi connectivity index (χ2n) is 6.99. The Kier molecular flexibility index (Phi) is 7.59. The van der Waals surface area contributed by atoms with Gasteiger partial charge in [-0.1, -0.05) is 24.3 Å². The highest BCUT2D eigenvalue weighted by molar-refractivity contribution is 5.89. The largest absolute Gasteiger partial charge is 0.497 e. The summed E-state index contributed by atoms with van der Waals surface area (Å²) in [6.45, 7) is -2.81. The van der Waals surface area contributed by atoms with Crippen LogP contribution < -0.4 is 9.47 Å². The molecule has 3 rings (SSSR count). The minimum absolute atomic E-state index is 0.0253. The van der Waals surface area contributed by atoms with Gasteiger partial charge in [0.05, 0.1) is 7.11 Å². The highest BCUT2D eigenvalue weighted by Crippen LogP contribution is 2.29. The van der Waals surface area contributed by atoms with Gasteiger partial charge in [-0.15, -0.1) is 0 Å². The summed E-state index contributed by atoms with van der Waals surface area (Å²) in [6, 6.07) is 13.4. The van der Waals surface area contributed by atoms with Gasteiger partial charge in [-0.2, -0.15) is 8.78 Å². The molecule has 0 aromatic heterocycles. The number of alkyl halides is 2. The highest BCUT2D eigenvalue weighted by atomic mass is 19.3. The number of amides is 1. The van der Waals surface area contributed by atoms with Crippen LogP contribution in [0.2, 0.25) is 0 Å². The molecule has 1 aliphatic rings. The average molecular weight is 431 g/mol. The van der Waals surface area contributed by atoms with Gasteiger partial charge in [0.15, 0.2) is 6.61 Å². The number of ether oxygens (including phenoxy) is 3. The maximum atomic E-state index is 12.6. The van der Waals surface area contributed by atoms with Gasteiger partial charge in [0.25, 0.3) is 5.91 Å². The number of benzene rings is 2. The average Bonchev–Trinajstić information content (AvgIpc) is 3.60. The van der Waals surface area contributed by atoms with Crippen LogP contribution in [0.4, 0.5) is 8.78 Å². The normalized spacial score (nSPS) is 13.3. The van der Waals surface area contributed by atoms with Crippen LogP contribution in [0.25, 0.3) is 6.08 Å². The van der Waals surface area contributed by atoms with E-state index in [-0.39, 0.29) is 24.3 Å². The van der Waals surface area contributed by atoms with Crippen molar-refractivity contribution < 1.29 is 32.6 Å². The number of halogens is 2. The number of rotatable bonds is 10. The number of methoxy groups -OCH3 is 1. The molecule has 1 amide bonds. The molecule has 164 valence electrons. The lowest BCUT2D eigenvalue weighted by molar-refractivity contribution is -0.148. The predicted octanol–water partition coefficient (Wildman–Crippen LogP) is 4.04. The summed E-state index contributed by atoms with van der Waals surface area (Å²) < 4.78 is 38.8. The fourth-order valence-corrected chi connectivity index (χ4v) is 2.92. The third-order valence-electron chi connectivity index (χ3n) is 4.68. The van der Waals surface area contributed by atoms with Gasteiger partial charge >= 0.3 is 12.6 Å². The Morgan fingerprint density at radius 1 is 1.06 bits per heavy atom. The molecule has 0 aliphatic heterocycles. The molecule has 1 fully saturated rings. The maximum absolute atomic E-state index is 12.6. The molecule has 0 bridgehead atoms. The molecule has 0 saturated heterocycles. The Morgan fingerprint density at radius 2 is 1.71 bits per heavy atom. The van der Waals surface area contributed by atoms with Crippen molar-refractivity contribution in [3.63, 3.8) is 0 Å². The lowest BCUT2D eigenvalue weighted by atomic mass is 10.2. The lowest BCUT2D eigenvalue weighted by Crippen LogP contribution is -2.35. The van der Waals surface area contributed by atoms with Crippen LogP contribution in [0.1, 0.15) is 24.0 Å². The molecular formula is C23H23F2NO5. The zero-order chi connectivity index (χ0) is 22.2. The van der Waals surface area contributed by atoms with Crippen molar-refractivity contribution in [2.45, 2.75) is 32.0 Å². The Morgan fingerprint density at radius 3 is 2.29 bits per heavy atom. The second-order valence-corrected chi connectivity index (χ2v) is 6.99. The van der Waals surface area contributed by atoms with E-state index in [1.54, 1.807) is 12.0 Å². The summed E-state index contributed by atoms with van der Waals surface area (Å²) in [5.74, 6) is -0.155. The summed E-state index contributed by atoms with van der Waals surface area (Å²) in [5, 5.41) is 0. The van der Waals surface area contributed by atoms with Crippen LogP contribution in [-0.4, -0.2) is 43.1 Å². The van der Waals surface area contributed by atoms with E-state index in [0.29, 0.717) is 12.1 Å². The van der Waals surface area contributed by atoms with Gasteiger partial charge in [-0.05, 0) is 54.3 Å². The molecule has 0 spiro atoms. The van der Waals surface area contributed by atoms with Gasteiger partial charge in [-0.25, -0.2) is 4.79 Å². The fourth-order valence-electron chi connectivity index (χ4n) is 2.92. The molecule has 1 saturated carbocycles. The number of carbonyl (C=O) groups excluding carboxylic acids is 2. The number of esters is 1. The van der Waals surface area contributed by atoms with Crippen molar-refractivity contribution in [3.05, 3.63) is 65.7 Å². The molecule has 0 N–H and O–H groups in total. The van der Waals surface area contributed by atoms with Crippen molar-refractivity contribution in [3.8, 4) is 11.5 Å². The van der Waals surface area contributed by atoms with E-state index in [4.69, 9.17) is 9.47 Å². The minimum Gasteiger partial charge on any atom is -0.497 e. The molecule has 31 heavy (non-hydrogen) atoms. The molecule has 1 aliphatic carbocycles. The first-order chi connectivity index (χ1) is 14.9. The smallest absolute Gasteiger partial charge is 0.387 e. The van der Waals surface area contributed by atoms with Crippen LogP contribution in [0.15, 0.2) is 54.6 Å². The van der Waals surface area contributed by atoms with Gasteiger partial charge < -0.3 is 19.1 Å². The van der Waals surface area contributed by atoms with E-state index in [2.05, 4.69) is 4.74 Å². The molecule has 0 atom stereocenters. The quantitative estimate of drug-likeness (QED) is 0.420. The monoisotopic (exact) mass is 431 g/mol. The number of hydrogen-bond donors (Lipinski definition) is 0. The molecule has 6 nitrogen and oxygen atoms in total. The van der Waals surface area contributed by atoms with Crippen LogP contribution in [-0.2, 0) is 20.9 Å². The van der Waals surface area contributed by atoms with E-state index < -0.39 is 12.6 Å². The van der Waals surface area contributed by atoms with Gasteiger partial charge in [0, 0.05) is 18.7 Å². The number of carbonyl (C=O) groups is 2. The SMILES string of the molecule is COc1ccc(CN(C(=O)COC(=O)/C=C/c2ccc(OC(F)F)cc2)C2CC2)cc1. The summed E-state index contributed by atoms with van der Waals surface area (Å²) in [6.07, 6.45) is 4.51. The zero-order valence-corrected chi connectivity index (χ0v) is 17.0. The van der Waals surface area contributed by atoms with Crippen LogP contribution in [0.3, 0.4) is 0 Å². The summed E-state index contributed by atoms with van der Waals surface area (Å²) >= 11 is 0. The summed E-state index contributed by atoms with van der Waals surface area (Å²) in [7, 11) is 1.59. The molecule has 8 heteroatoms. The zero-order valence-electron chi connectivity index (χ0n) is 17.0. The Bertz CT molecular complexity index is 909. The third kappa shape index (κ3) is 7.09. The Hall–Kier alpha value is -3.42. The van der Waals surface area contributed by atoms with Gasteiger partial charge in [0.1, 0.15) is 11.5 Å². The predicted molar refractivity (Wildman–Crippen MR) is 110 cm³/mol. The molecule has 0 heterocycles. The van der Waals surface area contributed by atoms with Gasteiger partial charge in [0.2, 0.25) is 0 Å². The van der Waals surface area contributed by atoms with Crippen molar-refractivity contribution in [1.29, 1.82) is 0 Å². The summed E-state index contributed by atoms with van der Waals surface area (Å²) in [4.78, 5) is 26.3. The first kappa shape index (κ1) is 22.3. The standard InChI is InChI=1S/C23H23F2NO5/c1-29-19-9-4-17(5-10-19)14-26(18-7-8-18)21(27)15-30-22(28)13-6-16-2-11-20(12-3-16)31-23(24)25/h2-6,9-13,18,23H,7-8,14-15H2,1H3/b13-6+. The molecular weight excluding hydrogens is 408 g/mol. The number of nitrogens with zero attached hydrogens (tertiary/aromatic N) is 1. The van der Waals surface area contributed by atoms with Crippen LogP contribution in [0.5, 0.6) is 11.5 Å². The van der Waals surface area contributed by atoms with Crippen molar-refractivity contribution in [2.24, 2.45) is 0 Å². The topological polar surface area (TPSA) is 65.1 Å². The maximum Gasteiger partial charge on any atom is 0.387 e. The van der Waals surface area contributed by atoms with E-state index >= 15 is 0 Å². The second kappa shape index (κ2) is 10.6. The van der Waals surface area contributed by atoms with E-state index in [1.807, 2.05) is 24.3 Å². The summed E-state index contributed by atoms with van der Waals surface area (Å²) in [5.41, 5.74) is 1.57. The first-order valence-corrected chi connectivity index (χ1v) is 9.76. The van der Waals surface area contributed by atoms with Crippen LogP contribution in [0, 0.1) is 0 Å². The lowest BCUT2D eigenvalue weighted by Gasteiger charge is -2.22. The molecule has 0 unspecified atom stereocenters. The molecule has 2 aromatic rings.